The van der Waals surface area contributed by atoms with Gasteiger partial charge in [0.1, 0.15) is 0 Å². The fourth-order valence-corrected chi connectivity index (χ4v) is 2.64. The second-order valence-electron chi connectivity index (χ2n) is 4.35. The Labute approximate surface area is 112 Å². The minimum Gasteiger partial charge on any atom is -0.308 e. The first-order chi connectivity index (χ1) is 8.93. The summed E-state index contributed by atoms with van der Waals surface area (Å²) in [5.74, 6) is 0. The lowest BCUT2D eigenvalue weighted by molar-refractivity contribution is 0.593. The molecule has 1 aromatic heterocycles. The molecule has 2 aromatic rings. The zero-order chi connectivity index (χ0) is 14.0. The van der Waals surface area contributed by atoms with Crippen molar-refractivity contribution >= 4 is 9.84 Å². The number of hydrogen-bond acceptors (Lipinski definition) is 5. The Hall–Kier alpha value is -1.73. The van der Waals surface area contributed by atoms with E-state index in [9.17, 15) is 8.42 Å². The predicted molar refractivity (Wildman–Crippen MR) is 71.5 cm³/mol. The molecule has 1 heterocycles. The quantitative estimate of drug-likeness (QED) is 0.884. The molecule has 0 bridgehead atoms. The molecule has 0 amide bonds. The number of rotatable bonds is 4. The van der Waals surface area contributed by atoms with Crippen molar-refractivity contribution in [2.75, 3.05) is 13.3 Å². The number of sulfone groups is 1. The Balaban J connectivity index is 2.48. The standard InChI is InChI=1S/C12H16N4O2S/c1-13-12(11-8-14-15-16(11)2)9-5-4-6-10(7-9)19(3,17)18/h4-8,12-13H,1-3H3. The third kappa shape index (κ3) is 2.82. The molecule has 19 heavy (non-hydrogen) atoms. The van der Waals surface area contributed by atoms with E-state index in [1.54, 1.807) is 36.1 Å². The molecular weight excluding hydrogens is 264 g/mol. The molecule has 1 aromatic carbocycles. The van der Waals surface area contributed by atoms with Crippen molar-refractivity contribution in [2.45, 2.75) is 10.9 Å². The van der Waals surface area contributed by atoms with Crippen LogP contribution < -0.4 is 5.32 Å². The van der Waals surface area contributed by atoms with Crippen LogP contribution in [0.15, 0.2) is 35.4 Å². The summed E-state index contributed by atoms with van der Waals surface area (Å²) in [6.45, 7) is 0. The number of nitrogens with one attached hydrogen (secondary N) is 1. The van der Waals surface area contributed by atoms with Gasteiger partial charge in [-0.25, -0.2) is 8.42 Å². The molecule has 0 saturated carbocycles. The van der Waals surface area contributed by atoms with Gasteiger partial charge in [-0.05, 0) is 24.7 Å². The van der Waals surface area contributed by atoms with Gasteiger partial charge in [0.05, 0.1) is 22.8 Å². The average Bonchev–Trinajstić information content (AvgIpc) is 2.76. The van der Waals surface area contributed by atoms with Crippen LogP contribution in [0.2, 0.25) is 0 Å². The second-order valence-corrected chi connectivity index (χ2v) is 6.36. The molecule has 6 nitrogen and oxygen atoms in total. The van der Waals surface area contributed by atoms with Crippen LogP contribution in [-0.2, 0) is 16.9 Å². The summed E-state index contributed by atoms with van der Waals surface area (Å²) in [7, 11) is 0.397. The van der Waals surface area contributed by atoms with Crippen molar-refractivity contribution < 1.29 is 8.42 Å². The molecule has 0 aliphatic rings. The van der Waals surface area contributed by atoms with E-state index in [2.05, 4.69) is 15.6 Å². The summed E-state index contributed by atoms with van der Waals surface area (Å²) in [4.78, 5) is 0.306. The first-order valence-corrected chi connectivity index (χ1v) is 7.64. The van der Waals surface area contributed by atoms with Gasteiger partial charge < -0.3 is 5.32 Å². The highest BCUT2D eigenvalue weighted by Crippen LogP contribution is 2.22. The number of aromatic nitrogens is 3. The van der Waals surface area contributed by atoms with Crippen molar-refractivity contribution in [3.05, 3.63) is 41.7 Å². The molecule has 0 radical (unpaired) electrons. The van der Waals surface area contributed by atoms with E-state index in [-0.39, 0.29) is 6.04 Å². The number of hydrogen-bond donors (Lipinski definition) is 1. The summed E-state index contributed by atoms with van der Waals surface area (Å²) in [6.07, 6.45) is 2.86. The SMILES string of the molecule is CNC(c1cccc(S(C)(=O)=O)c1)c1cnnn1C. The Kier molecular flexibility index (Phi) is 3.68. The van der Waals surface area contributed by atoms with Crippen LogP contribution in [0.25, 0.3) is 0 Å². The molecule has 7 heteroatoms. The molecule has 1 N–H and O–H groups in total. The maximum Gasteiger partial charge on any atom is 0.175 e. The minimum absolute atomic E-state index is 0.151. The Morgan fingerprint density at radius 1 is 1.37 bits per heavy atom. The van der Waals surface area contributed by atoms with Gasteiger partial charge in [-0.2, -0.15) is 0 Å². The molecule has 0 aliphatic carbocycles. The smallest absolute Gasteiger partial charge is 0.175 e. The van der Waals surface area contributed by atoms with Crippen molar-refractivity contribution in [3.63, 3.8) is 0 Å². The lowest BCUT2D eigenvalue weighted by Crippen LogP contribution is -2.20. The molecule has 2 rings (SSSR count). The zero-order valence-electron chi connectivity index (χ0n) is 11.0. The Morgan fingerprint density at radius 3 is 2.63 bits per heavy atom. The molecule has 0 spiro atoms. The molecule has 0 fully saturated rings. The topological polar surface area (TPSA) is 76.9 Å². The van der Waals surface area contributed by atoms with Crippen LogP contribution in [0.5, 0.6) is 0 Å². The lowest BCUT2D eigenvalue weighted by atomic mass is 10.0. The highest BCUT2D eigenvalue weighted by Gasteiger charge is 2.18. The zero-order valence-corrected chi connectivity index (χ0v) is 11.8. The van der Waals surface area contributed by atoms with E-state index < -0.39 is 9.84 Å². The Bertz CT molecular complexity index is 679. The van der Waals surface area contributed by atoms with Crippen LogP contribution in [0.4, 0.5) is 0 Å². The van der Waals surface area contributed by atoms with E-state index in [1.807, 2.05) is 13.1 Å². The van der Waals surface area contributed by atoms with E-state index in [4.69, 9.17) is 0 Å². The summed E-state index contributed by atoms with van der Waals surface area (Å²) >= 11 is 0. The van der Waals surface area contributed by atoms with Crippen LogP contribution in [0.1, 0.15) is 17.3 Å². The summed E-state index contributed by atoms with van der Waals surface area (Å²) in [5, 5.41) is 10.9. The monoisotopic (exact) mass is 280 g/mol. The third-order valence-electron chi connectivity index (χ3n) is 2.95. The summed E-state index contributed by atoms with van der Waals surface area (Å²) < 4.78 is 24.9. The van der Waals surface area contributed by atoms with Crippen LogP contribution in [0.3, 0.4) is 0 Å². The van der Waals surface area contributed by atoms with Crippen LogP contribution in [-0.4, -0.2) is 36.7 Å². The fraction of sp³-hybridized carbons (Fsp3) is 0.333. The van der Waals surface area contributed by atoms with Crippen LogP contribution >= 0.6 is 0 Å². The summed E-state index contributed by atoms with van der Waals surface area (Å²) in [5.41, 5.74) is 1.73. The van der Waals surface area contributed by atoms with Gasteiger partial charge in [-0.15, -0.1) is 5.10 Å². The summed E-state index contributed by atoms with van der Waals surface area (Å²) in [6, 6.07) is 6.72. The van der Waals surface area contributed by atoms with Crippen molar-refractivity contribution in [1.82, 2.24) is 20.3 Å². The maximum atomic E-state index is 11.6. The molecule has 102 valence electrons. The number of benzene rings is 1. The van der Waals surface area contributed by atoms with E-state index in [0.29, 0.717) is 4.90 Å². The average molecular weight is 280 g/mol. The van der Waals surface area contributed by atoms with Crippen LogP contribution in [0, 0.1) is 0 Å². The molecule has 1 unspecified atom stereocenters. The van der Waals surface area contributed by atoms with Gasteiger partial charge in [0.25, 0.3) is 0 Å². The highest BCUT2D eigenvalue weighted by molar-refractivity contribution is 7.90. The number of nitrogens with zero attached hydrogens (tertiary/aromatic N) is 3. The van der Waals surface area contributed by atoms with Gasteiger partial charge in [-0.3, -0.25) is 4.68 Å². The van der Waals surface area contributed by atoms with Gasteiger partial charge in [0.2, 0.25) is 0 Å². The van der Waals surface area contributed by atoms with E-state index in [1.165, 1.54) is 6.26 Å². The number of aryl methyl sites for hydroxylation is 1. The lowest BCUT2D eigenvalue weighted by Gasteiger charge is -2.16. The first kappa shape index (κ1) is 13.7. The molecule has 1 atom stereocenters. The van der Waals surface area contributed by atoms with Crippen molar-refractivity contribution in [2.24, 2.45) is 7.05 Å². The highest BCUT2D eigenvalue weighted by atomic mass is 32.2. The normalized spacial score (nSPS) is 13.4. The third-order valence-corrected chi connectivity index (χ3v) is 4.06. The van der Waals surface area contributed by atoms with Gasteiger partial charge in [0.15, 0.2) is 9.84 Å². The van der Waals surface area contributed by atoms with Gasteiger partial charge in [-0.1, -0.05) is 17.3 Å². The largest absolute Gasteiger partial charge is 0.308 e. The van der Waals surface area contributed by atoms with Gasteiger partial charge in [0, 0.05) is 13.3 Å². The maximum absolute atomic E-state index is 11.6. The molecular formula is C12H16N4O2S. The Morgan fingerprint density at radius 2 is 2.11 bits per heavy atom. The first-order valence-electron chi connectivity index (χ1n) is 5.75. The molecule has 0 aliphatic heterocycles. The second kappa shape index (κ2) is 5.10. The predicted octanol–water partition coefficient (Wildman–Crippen LogP) is 0.527. The van der Waals surface area contributed by atoms with Crippen molar-refractivity contribution in [1.29, 1.82) is 0 Å². The fourth-order valence-electron chi connectivity index (χ4n) is 1.97. The minimum atomic E-state index is -3.21. The van der Waals surface area contributed by atoms with Gasteiger partial charge >= 0.3 is 0 Å². The van der Waals surface area contributed by atoms with E-state index in [0.717, 1.165) is 11.3 Å². The van der Waals surface area contributed by atoms with Crippen molar-refractivity contribution in [3.8, 4) is 0 Å². The molecule has 0 saturated heterocycles. The van der Waals surface area contributed by atoms with E-state index >= 15 is 0 Å².